The average molecular weight is 132 g/mol. The van der Waals surface area contributed by atoms with Crippen LogP contribution in [0.3, 0.4) is 0 Å². The van der Waals surface area contributed by atoms with Crippen molar-refractivity contribution in [2.75, 3.05) is 33.3 Å². The van der Waals surface area contributed by atoms with Crippen molar-refractivity contribution in [1.82, 2.24) is 4.90 Å². The lowest BCUT2D eigenvalue weighted by atomic mass is 10.4. The van der Waals surface area contributed by atoms with Gasteiger partial charge in [-0.2, -0.15) is 0 Å². The van der Waals surface area contributed by atoms with Gasteiger partial charge < -0.3 is 15.7 Å². The van der Waals surface area contributed by atoms with E-state index in [9.17, 15) is 0 Å². The lowest BCUT2D eigenvalue weighted by Crippen LogP contribution is -2.24. The van der Waals surface area contributed by atoms with Crippen molar-refractivity contribution in [1.29, 1.82) is 0 Å². The summed E-state index contributed by atoms with van der Waals surface area (Å²) >= 11 is 0. The highest BCUT2D eigenvalue weighted by atomic mass is 16.3. The number of hydrogen-bond acceptors (Lipinski definition) is 3. The molecule has 0 bridgehead atoms. The van der Waals surface area contributed by atoms with Gasteiger partial charge in [0.15, 0.2) is 0 Å². The highest BCUT2D eigenvalue weighted by Crippen LogP contribution is 1.82. The second-order valence-corrected chi connectivity index (χ2v) is 2.17. The van der Waals surface area contributed by atoms with Crippen LogP contribution in [-0.4, -0.2) is 43.3 Å². The van der Waals surface area contributed by atoms with E-state index in [2.05, 4.69) is 4.90 Å². The minimum Gasteiger partial charge on any atom is -0.395 e. The molecule has 0 rings (SSSR count). The lowest BCUT2D eigenvalue weighted by Gasteiger charge is -2.13. The van der Waals surface area contributed by atoms with Gasteiger partial charge in [-0.25, -0.2) is 0 Å². The standard InChI is InChI=1S/C6H16N2O/c1-8(5-6-9)4-2-3-7/h9H,2-7H2,1H3. The third kappa shape index (κ3) is 5.76. The van der Waals surface area contributed by atoms with E-state index >= 15 is 0 Å². The molecular weight excluding hydrogens is 116 g/mol. The fraction of sp³-hybridized carbons (Fsp3) is 1.00. The zero-order valence-electron chi connectivity index (χ0n) is 6.01. The molecule has 3 nitrogen and oxygen atoms in total. The molecule has 0 aliphatic heterocycles. The van der Waals surface area contributed by atoms with E-state index in [0.29, 0.717) is 0 Å². The minimum atomic E-state index is 0.237. The summed E-state index contributed by atoms with van der Waals surface area (Å²) < 4.78 is 0. The maximum Gasteiger partial charge on any atom is 0.0558 e. The highest BCUT2D eigenvalue weighted by molar-refractivity contribution is 4.49. The fourth-order valence-corrected chi connectivity index (χ4v) is 0.644. The molecule has 3 heteroatoms. The molecule has 0 heterocycles. The first kappa shape index (κ1) is 8.88. The zero-order chi connectivity index (χ0) is 7.11. The van der Waals surface area contributed by atoms with E-state index in [1.807, 2.05) is 7.05 Å². The Morgan fingerprint density at radius 1 is 1.44 bits per heavy atom. The van der Waals surface area contributed by atoms with Crippen molar-refractivity contribution in [3.05, 3.63) is 0 Å². The van der Waals surface area contributed by atoms with Crippen molar-refractivity contribution >= 4 is 0 Å². The van der Waals surface area contributed by atoms with Crippen LogP contribution < -0.4 is 5.73 Å². The first-order valence-electron chi connectivity index (χ1n) is 3.30. The second-order valence-electron chi connectivity index (χ2n) is 2.17. The summed E-state index contributed by atoms with van der Waals surface area (Å²) in [4.78, 5) is 2.06. The Morgan fingerprint density at radius 2 is 2.11 bits per heavy atom. The Morgan fingerprint density at radius 3 is 2.56 bits per heavy atom. The molecule has 0 aliphatic rings. The van der Waals surface area contributed by atoms with Gasteiger partial charge in [0.1, 0.15) is 0 Å². The Labute approximate surface area is 56.5 Å². The quantitative estimate of drug-likeness (QED) is 0.518. The van der Waals surface area contributed by atoms with E-state index in [0.717, 1.165) is 26.1 Å². The van der Waals surface area contributed by atoms with Crippen LogP contribution in [0, 0.1) is 0 Å². The highest BCUT2D eigenvalue weighted by Gasteiger charge is 1.93. The summed E-state index contributed by atoms with van der Waals surface area (Å²) in [6.07, 6.45) is 1.01. The first-order valence-corrected chi connectivity index (χ1v) is 3.30. The molecule has 0 saturated heterocycles. The maximum atomic E-state index is 8.46. The SMILES string of the molecule is CN(CCO)CCCN. The zero-order valence-corrected chi connectivity index (χ0v) is 6.01. The normalized spacial score (nSPS) is 10.7. The second kappa shape index (κ2) is 6.01. The molecule has 0 radical (unpaired) electrons. The molecule has 0 atom stereocenters. The molecule has 0 amide bonds. The van der Waals surface area contributed by atoms with Crippen LogP contribution in [0.25, 0.3) is 0 Å². The Hall–Kier alpha value is -0.120. The average Bonchev–Trinajstić information content (AvgIpc) is 1.85. The van der Waals surface area contributed by atoms with Gasteiger partial charge in [-0.3, -0.25) is 0 Å². The molecule has 0 spiro atoms. The summed E-state index contributed by atoms with van der Waals surface area (Å²) in [5.74, 6) is 0. The number of aliphatic hydroxyl groups excluding tert-OH is 1. The summed E-state index contributed by atoms with van der Waals surface area (Å²) in [5.41, 5.74) is 5.28. The number of aliphatic hydroxyl groups is 1. The van der Waals surface area contributed by atoms with Crippen molar-refractivity contribution < 1.29 is 5.11 Å². The molecule has 0 aromatic rings. The smallest absolute Gasteiger partial charge is 0.0558 e. The molecule has 0 unspecified atom stereocenters. The number of likely N-dealkylation sites (N-methyl/N-ethyl adjacent to an activating group) is 1. The molecule has 0 fully saturated rings. The summed E-state index contributed by atoms with van der Waals surface area (Å²) in [6.45, 7) is 2.70. The van der Waals surface area contributed by atoms with Crippen molar-refractivity contribution in [3.8, 4) is 0 Å². The minimum absolute atomic E-state index is 0.237. The van der Waals surface area contributed by atoms with Gasteiger partial charge in [0.05, 0.1) is 6.61 Å². The van der Waals surface area contributed by atoms with E-state index in [4.69, 9.17) is 10.8 Å². The Balaban J connectivity index is 2.95. The molecule has 9 heavy (non-hydrogen) atoms. The molecule has 3 N–H and O–H groups in total. The number of nitrogens with two attached hydrogens (primary N) is 1. The predicted octanol–water partition coefficient (Wildman–Crippen LogP) is -0.741. The third-order valence-corrected chi connectivity index (χ3v) is 1.23. The third-order valence-electron chi connectivity index (χ3n) is 1.23. The summed E-state index contributed by atoms with van der Waals surface area (Å²) in [7, 11) is 1.98. The molecule has 0 aromatic heterocycles. The monoisotopic (exact) mass is 132 g/mol. The van der Waals surface area contributed by atoms with E-state index in [1.165, 1.54) is 0 Å². The van der Waals surface area contributed by atoms with Crippen LogP contribution in [0.5, 0.6) is 0 Å². The van der Waals surface area contributed by atoms with Gasteiger partial charge in [-0.05, 0) is 26.6 Å². The fourth-order valence-electron chi connectivity index (χ4n) is 0.644. The molecule has 0 aromatic carbocycles. The molecule has 0 saturated carbocycles. The maximum absolute atomic E-state index is 8.46. The van der Waals surface area contributed by atoms with E-state index in [-0.39, 0.29) is 6.61 Å². The van der Waals surface area contributed by atoms with E-state index < -0.39 is 0 Å². The lowest BCUT2D eigenvalue weighted by molar-refractivity contribution is 0.221. The predicted molar refractivity (Wildman–Crippen MR) is 38.3 cm³/mol. The van der Waals surface area contributed by atoms with Crippen LogP contribution in [0.15, 0.2) is 0 Å². The van der Waals surface area contributed by atoms with Crippen LogP contribution in [0.1, 0.15) is 6.42 Å². The summed E-state index contributed by atoms with van der Waals surface area (Å²) in [6, 6.07) is 0. The van der Waals surface area contributed by atoms with Gasteiger partial charge >= 0.3 is 0 Å². The van der Waals surface area contributed by atoms with Crippen LogP contribution in [0.4, 0.5) is 0 Å². The van der Waals surface area contributed by atoms with Crippen LogP contribution in [-0.2, 0) is 0 Å². The van der Waals surface area contributed by atoms with Gasteiger partial charge in [-0.1, -0.05) is 0 Å². The molecular formula is C6H16N2O. The van der Waals surface area contributed by atoms with Gasteiger partial charge in [0, 0.05) is 6.54 Å². The van der Waals surface area contributed by atoms with E-state index in [1.54, 1.807) is 0 Å². The molecule has 0 aliphatic carbocycles. The Kier molecular flexibility index (Phi) is 5.93. The largest absolute Gasteiger partial charge is 0.395 e. The topological polar surface area (TPSA) is 49.5 Å². The number of nitrogens with zero attached hydrogens (tertiary/aromatic N) is 1. The van der Waals surface area contributed by atoms with Crippen molar-refractivity contribution in [3.63, 3.8) is 0 Å². The van der Waals surface area contributed by atoms with Gasteiger partial charge in [0.2, 0.25) is 0 Å². The van der Waals surface area contributed by atoms with Crippen LogP contribution >= 0.6 is 0 Å². The molecule has 56 valence electrons. The Bertz CT molecular complexity index is 59.0. The number of hydrogen-bond donors (Lipinski definition) is 2. The van der Waals surface area contributed by atoms with Gasteiger partial charge in [-0.15, -0.1) is 0 Å². The number of rotatable bonds is 5. The first-order chi connectivity index (χ1) is 4.31. The van der Waals surface area contributed by atoms with Gasteiger partial charge in [0.25, 0.3) is 0 Å². The van der Waals surface area contributed by atoms with Crippen molar-refractivity contribution in [2.45, 2.75) is 6.42 Å². The van der Waals surface area contributed by atoms with Crippen molar-refractivity contribution in [2.24, 2.45) is 5.73 Å². The summed E-state index contributed by atoms with van der Waals surface area (Å²) in [5, 5.41) is 8.46. The van der Waals surface area contributed by atoms with Crippen LogP contribution in [0.2, 0.25) is 0 Å².